The van der Waals surface area contributed by atoms with Crippen molar-refractivity contribution in [2.24, 2.45) is 11.8 Å². The maximum absolute atomic E-state index is 6.16. The van der Waals surface area contributed by atoms with Gasteiger partial charge in [0.15, 0.2) is 0 Å². The monoisotopic (exact) mass is 327 g/mol. The molecule has 3 atom stereocenters. The van der Waals surface area contributed by atoms with Gasteiger partial charge in [0, 0.05) is 6.04 Å². The Hall–Kier alpha value is -0.240. The fraction of sp³-hybridized carbons (Fsp3) is 0.667. The molecule has 0 spiro atoms. The first-order valence-electron chi connectivity index (χ1n) is 8.33. The zero-order valence-electron chi connectivity index (χ0n) is 13.2. The minimum Gasteiger partial charge on any atom is -0.314 e. The van der Waals surface area contributed by atoms with Gasteiger partial charge in [0.1, 0.15) is 0 Å². The standard InChI is InChI=1S/C18H27Cl2N/c1-3-14-7-5-6-8-15(14)18(21-4-2)12-13-9-10-16(19)17(20)11-13/h9-11,14-15,18,21H,3-8,12H2,1-2H3. The summed E-state index contributed by atoms with van der Waals surface area (Å²) in [6.45, 7) is 5.57. The van der Waals surface area contributed by atoms with Gasteiger partial charge >= 0.3 is 0 Å². The van der Waals surface area contributed by atoms with Crippen LogP contribution < -0.4 is 5.32 Å². The van der Waals surface area contributed by atoms with E-state index in [4.69, 9.17) is 23.2 Å². The van der Waals surface area contributed by atoms with E-state index in [-0.39, 0.29) is 0 Å². The van der Waals surface area contributed by atoms with E-state index in [1.807, 2.05) is 12.1 Å². The summed E-state index contributed by atoms with van der Waals surface area (Å²) in [4.78, 5) is 0. The Balaban J connectivity index is 2.11. The molecule has 3 unspecified atom stereocenters. The smallest absolute Gasteiger partial charge is 0.0595 e. The van der Waals surface area contributed by atoms with Crippen molar-refractivity contribution in [3.63, 3.8) is 0 Å². The average Bonchev–Trinajstić information content (AvgIpc) is 2.50. The number of rotatable bonds is 6. The maximum atomic E-state index is 6.16. The molecule has 0 heterocycles. The first-order chi connectivity index (χ1) is 10.2. The number of hydrogen-bond donors (Lipinski definition) is 1. The van der Waals surface area contributed by atoms with Gasteiger partial charge in [-0.3, -0.25) is 0 Å². The van der Waals surface area contributed by atoms with Crippen molar-refractivity contribution < 1.29 is 0 Å². The van der Waals surface area contributed by atoms with E-state index in [9.17, 15) is 0 Å². The summed E-state index contributed by atoms with van der Waals surface area (Å²) in [5.41, 5.74) is 1.29. The highest BCUT2D eigenvalue weighted by Crippen LogP contribution is 2.35. The quantitative estimate of drug-likeness (QED) is 0.703. The third-order valence-corrected chi connectivity index (χ3v) is 5.65. The fourth-order valence-corrected chi connectivity index (χ4v) is 4.15. The lowest BCUT2D eigenvalue weighted by Gasteiger charge is -2.37. The fourth-order valence-electron chi connectivity index (χ4n) is 3.83. The van der Waals surface area contributed by atoms with E-state index < -0.39 is 0 Å². The molecule has 0 amide bonds. The van der Waals surface area contributed by atoms with Crippen LogP contribution in [0.15, 0.2) is 18.2 Å². The average molecular weight is 328 g/mol. The van der Waals surface area contributed by atoms with Crippen LogP contribution in [0.4, 0.5) is 0 Å². The minimum atomic E-state index is 0.553. The molecule has 0 aliphatic heterocycles. The van der Waals surface area contributed by atoms with Gasteiger partial charge in [0.2, 0.25) is 0 Å². The molecule has 3 heteroatoms. The van der Waals surface area contributed by atoms with E-state index in [0.717, 1.165) is 24.8 Å². The van der Waals surface area contributed by atoms with Gasteiger partial charge in [-0.05, 0) is 48.9 Å². The third kappa shape index (κ3) is 4.61. The Morgan fingerprint density at radius 3 is 2.57 bits per heavy atom. The number of halogens is 2. The summed E-state index contributed by atoms with van der Waals surface area (Å²) in [7, 11) is 0. The van der Waals surface area contributed by atoms with Crippen LogP contribution in [0, 0.1) is 11.8 Å². The van der Waals surface area contributed by atoms with E-state index >= 15 is 0 Å². The molecule has 0 aromatic heterocycles. The molecule has 0 radical (unpaired) electrons. The summed E-state index contributed by atoms with van der Waals surface area (Å²) in [6, 6.07) is 6.61. The molecule has 1 aromatic rings. The van der Waals surface area contributed by atoms with Crippen molar-refractivity contribution in [2.45, 2.75) is 58.4 Å². The van der Waals surface area contributed by atoms with Gasteiger partial charge in [0.25, 0.3) is 0 Å². The highest BCUT2D eigenvalue weighted by Gasteiger charge is 2.30. The second-order valence-corrected chi connectivity index (χ2v) is 7.05. The Bertz CT molecular complexity index is 447. The van der Waals surface area contributed by atoms with Crippen LogP contribution in [0.5, 0.6) is 0 Å². The predicted octanol–water partition coefficient (Wildman–Crippen LogP) is 5.73. The van der Waals surface area contributed by atoms with Gasteiger partial charge in [-0.2, -0.15) is 0 Å². The molecule has 1 N–H and O–H groups in total. The summed E-state index contributed by atoms with van der Waals surface area (Å²) in [5, 5.41) is 5.03. The normalized spacial score (nSPS) is 24.0. The molecule has 0 bridgehead atoms. The lowest BCUT2D eigenvalue weighted by atomic mass is 9.72. The zero-order chi connectivity index (χ0) is 15.2. The molecule has 1 saturated carbocycles. The lowest BCUT2D eigenvalue weighted by molar-refractivity contribution is 0.175. The summed E-state index contributed by atoms with van der Waals surface area (Å²) in [6.07, 6.45) is 7.88. The van der Waals surface area contributed by atoms with Crippen LogP contribution in [0.2, 0.25) is 10.0 Å². The minimum absolute atomic E-state index is 0.553. The number of nitrogens with one attached hydrogen (secondary N) is 1. The van der Waals surface area contributed by atoms with E-state index in [2.05, 4.69) is 25.2 Å². The van der Waals surface area contributed by atoms with Crippen molar-refractivity contribution in [1.29, 1.82) is 0 Å². The Morgan fingerprint density at radius 1 is 1.14 bits per heavy atom. The Labute approximate surface area is 139 Å². The van der Waals surface area contributed by atoms with Gasteiger partial charge in [-0.15, -0.1) is 0 Å². The molecule has 1 fully saturated rings. The molecular weight excluding hydrogens is 301 g/mol. The molecule has 2 rings (SSSR count). The van der Waals surface area contributed by atoms with Gasteiger partial charge in [-0.1, -0.05) is 68.8 Å². The van der Waals surface area contributed by atoms with Crippen molar-refractivity contribution >= 4 is 23.2 Å². The van der Waals surface area contributed by atoms with Crippen molar-refractivity contribution in [3.8, 4) is 0 Å². The molecule has 21 heavy (non-hydrogen) atoms. The van der Waals surface area contributed by atoms with Crippen molar-refractivity contribution in [3.05, 3.63) is 33.8 Å². The summed E-state index contributed by atoms with van der Waals surface area (Å²) < 4.78 is 0. The molecule has 0 saturated heterocycles. The molecular formula is C18H27Cl2N. The first kappa shape index (κ1) is 17.1. The Morgan fingerprint density at radius 2 is 1.90 bits per heavy atom. The third-order valence-electron chi connectivity index (χ3n) is 4.92. The second kappa shape index (κ2) is 8.41. The molecule has 1 aromatic carbocycles. The highest BCUT2D eigenvalue weighted by atomic mass is 35.5. The largest absolute Gasteiger partial charge is 0.314 e. The second-order valence-electron chi connectivity index (χ2n) is 6.23. The lowest BCUT2D eigenvalue weighted by Crippen LogP contribution is -2.42. The van der Waals surface area contributed by atoms with Crippen LogP contribution in [0.3, 0.4) is 0 Å². The molecule has 118 valence electrons. The van der Waals surface area contributed by atoms with Crippen LogP contribution >= 0.6 is 23.2 Å². The predicted molar refractivity (Wildman–Crippen MR) is 93.4 cm³/mol. The van der Waals surface area contributed by atoms with Crippen LogP contribution in [-0.2, 0) is 6.42 Å². The molecule has 1 nitrogen and oxygen atoms in total. The topological polar surface area (TPSA) is 12.0 Å². The van der Waals surface area contributed by atoms with Crippen LogP contribution in [0.1, 0.15) is 51.5 Å². The van der Waals surface area contributed by atoms with Crippen LogP contribution in [-0.4, -0.2) is 12.6 Å². The van der Waals surface area contributed by atoms with Crippen molar-refractivity contribution in [2.75, 3.05) is 6.54 Å². The molecule has 1 aliphatic carbocycles. The van der Waals surface area contributed by atoms with E-state index in [1.54, 1.807) is 0 Å². The summed E-state index contributed by atoms with van der Waals surface area (Å²) in [5.74, 6) is 1.66. The van der Waals surface area contributed by atoms with E-state index in [0.29, 0.717) is 16.1 Å². The number of hydrogen-bond acceptors (Lipinski definition) is 1. The van der Waals surface area contributed by atoms with Gasteiger partial charge < -0.3 is 5.32 Å². The SMILES string of the molecule is CCNC(Cc1ccc(Cl)c(Cl)c1)C1CCCCC1CC. The zero-order valence-corrected chi connectivity index (χ0v) is 14.7. The first-order valence-corrected chi connectivity index (χ1v) is 9.08. The molecule has 1 aliphatic rings. The maximum Gasteiger partial charge on any atom is 0.0595 e. The number of benzene rings is 1. The highest BCUT2D eigenvalue weighted by molar-refractivity contribution is 6.42. The number of likely N-dealkylation sites (N-methyl/N-ethyl adjacent to an activating group) is 1. The summed E-state index contributed by atoms with van der Waals surface area (Å²) >= 11 is 12.2. The van der Waals surface area contributed by atoms with Gasteiger partial charge in [0.05, 0.1) is 10.0 Å². The Kier molecular flexibility index (Phi) is 6.85. The van der Waals surface area contributed by atoms with Crippen LogP contribution in [0.25, 0.3) is 0 Å². The van der Waals surface area contributed by atoms with E-state index in [1.165, 1.54) is 37.7 Å². The van der Waals surface area contributed by atoms with Gasteiger partial charge in [-0.25, -0.2) is 0 Å². The van der Waals surface area contributed by atoms with Crippen molar-refractivity contribution in [1.82, 2.24) is 5.32 Å².